The lowest BCUT2D eigenvalue weighted by Gasteiger charge is -2.31. The maximum Gasteiger partial charge on any atom is 0.339 e. The summed E-state index contributed by atoms with van der Waals surface area (Å²) in [6.45, 7) is 7.33. The van der Waals surface area contributed by atoms with Gasteiger partial charge in [-0.25, -0.2) is 4.79 Å². The third-order valence-electron chi connectivity index (χ3n) is 3.81. The van der Waals surface area contributed by atoms with E-state index in [4.69, 9.17) is 9.47 Å². The number of carbonyl (C=O) groups is 2. The van der Waals surface area contributed by atoms with Crippen LogP contribution in [0.3, 0.4) is 0 Å². The minimum atomic E-state index is -0.630. The third-order valence-corrected chi connectivity index (χ3v) is 3.81. The van der Waals surface area contributed by atoms with Gasteiger partial charge in [0, 0.05) is 6.42 Å². The molecule has 4 nitrogen and oxygen atoms in total. The highest BCUT2D eigenvalue weighted by atomic mass is 16.6. The Labute approximate surface area is 136 Å². The van der Waals surface area contributed by atoms with E-state index in [1.807, 2.05) is 6.08 Å². The predicted molar refractivity (Wildman–Crippen MR) is 88.2 cm³/mol. The molecule has 122 valence electrons. The summed E-state index contributed by atoms with van der Waals surface area (Å²) in [5.41, 5.74) is -0.209. The van der Waals surface area contributed by atoms with E-state index in [1.54, 1.807) is 44.2 Å². The minimum absolute atomic E-state index is 0.202. The average molecular weight is 314 g/mol. The molecule has 1 aliphatic rings. The molecule has 1 atom stereocenters. The maximum atomic E-state index is 12.3. The van der Waals surface area contributed by atoms with Crippen LogP contribution in [0.25, 0.3) is 0 Å². The van der Waals surface area contributed by atoms with Gasteiger partial charge in [0.1, 0.15) is 11.4 Å². The molecule has 0 heterocycles. The summed E-state index contributed by atoms with van der Waals surface area (Å²) in [6.07, 6.45) is 8.03. The minimum Gasteiger partial charge on any atom is -0.451 e. The molecule has 0 amide bonds. The molecule has 1 aromatic rings. The fraction of sp³-hybridized carbons (Fsp3) is 0.368. The van der Waals surface area contributed by atoms with Crippen molar-refractivity contribution < 1.29 is 19.1 Å². The van der Waals surface area contributed by atoms with E-state index in [-0.39, 0.29) is 11.9 Å². The van der Waals surface area contributed by atoms with Crippen LogP contribution in [0.1, 0.15) is 43.5 Å². The first-order chi connectivity index (χ1) is 11.0. The first-order valence-corrected chi connectivity index (χ1v) is 7.79. The van der Waals surface area contributed by atoms with Gasteiger partial charge in [-0.3, -0.25) is 4.79 Å². The Hall–Kier alpha value is -2.36. The Morgan fingerprint density at radius 2 is 1.91 bits per heavy atom. The molecule has 0 bridgehead atoms. The summed E-state index contributed by atoms with van der Waals surface area (Å²) in [6, 6.07) is 6.39. The highest BCUT2D eigenvalue weighted by Gasteiger charge is 2.31. The summed E-state index contributed by atoms with van der Waals surface area (Å²) >= 11 is 0. The average Bonchev–Trinajstić information content (AvgIpc) is 2.56. The van der Waals surface area contributed by atoms with Crippen molar-refractivity contribution in [2.45, 2.75) is 38.7 Å². The Morgan fingerprint density at radius 3 is 2.43 bits per heavy atom. The van der Waals surface area contributed by atoms with Crippen LogP contribution in [0.2, 0.25) is 0 Å². The summed E-state index contributed by atoms with van der Waals surface area (Å²) in [4.78, 5) is 23.9. The van der Waals surface area contributed by atoms with Crippen LogP contribution >= 0.6 is 0 Å². The van der Waals surface area contributed by atoms with Crippen molar-refractivity contribution in [3.05, 3.63) is 54.6 Å². The van der Waals surface area contributed by atoms with Crippen LogP contribution in [-0.2, 0) is 9.53 Å². The SMILES string of the molecule is C=CC1(OC(=O)c2ccc(OC(=O)C(C)C)cc2)CC=CCC1. The standard InChI is InChI=1S/C19H22O4/c1-4-19(12-6-5-7-13-19)23-18(21)15-8-10-16(11-9-15)22-17(20)14(2)3/h4-6,8-11,14H,1,7,12-13H2,2-3H3. The summed E-state index contributed by atoms with van der Waals surface area (Å²) in [5.74, 6) is -0.493. The second-order valence-corrected chi connectivity index (χ2v) is 5.97. The summed E-state index contributed by atoms with van der Waals surface area (Å²) < 4.78 is 10.8. The van der Waals surface area contributed by atoms with Gasteiger partial charge < -0.3 is 9.47 Å². The van der Waals surface area contributed by atoms with Crippen LogP contribution in [0, 0.1) is 5.92 Å². The van der Waals surface area contributed by atoms with Gasteiger partial charge in [0.15, 0.2) is 0 Å². The molecule has 2 rings (SSSR count). The van der Waals surface area contributed by atoms with E-state index in [1.165, 1.54) is 0 Å². The molecule has 1 aliphatic carbocycles. The Kier molecular flexibility index (Phi) is 5.37. The monoisotopic (exact) mass is 314 g/mol. The van der Waals surface area contributed by atoms with Gasteiger partial charge in [0.2, 0.25) is 0 Å². The maximum absolute atomic E-state index is 12.3. The van der Waals surface area contributed by atoms with Gasteiger partial charge in [-0.2, -0.15) is 0 Å². The zero-order chi connectivity index (χ0) is 16.9. The first-order valence-electron chi connectivity index (χ1n) is 7.79. The molecule has 0 saturated carbocycles. The van der Waals surface area contributed by atoms with Gasteiger partial charge >= 0.3 is 11.9 Å². The number of hydrogen-bond donors (Lipinski definition) is 0. The van der Waals surface area contributed by atoms with E-state index in [0.29, 0.717) is 17.7 Å². The van der Waals surface area contributed by atoms with Crippen molar-refractivity contribution >= 4 is 11.9 Å². The lowest BCUT2D eigenvalue weighted by atomic mass is 9.89. The van der Waals surface area contributed by atoms with Gasteiger partial charge in [0.05, 0.1) is 11.5 Å². The number of carbonyl (C=O) groups excluding carboxylic acids is 2. The smallest absolute Gasteiger partial charge is 0.339 e. The van der Waals surface area contributed by atoms with Gasteiger partial charge in [-0.15, -0.1) is 0 Å². The van der Waals surface area contributed by atoms with Crippen LogP contribution < -0.4 is 4.74 Å². The fourth-order valence-electron chi connectivity index (χ4n) is 2.29. The van der Waals surface area contributed by atoms with E-state index < -0.39 is 11.6 Å². The van der Waals surface area contributed by atoms with Crippen LogP contribution in [-0.4, -0.2) is 17.5 Å². The van der Waals surface area contributed by atoms with Gasteiger partial charge in [0.25, 0.3) is 0 Å². The zero-order valence-corrected chi connectivity index (χ0v) is 13.6. The number of esters is 2. The first kappa shape index (κ1) is 17.0. The second-order valence-electron chi connectivity index (χ2n) is 5.97. The van der Waals surface area contributed by atoms with Crippen LogP contribution in [0.5, 0.6) is 5.75 Å². The number of rotatable bonds is 5. The number of ether oxygens (including phenoxy) is 2. The van der Waals surface area contributed by atoms with E-state index >= 15 is 0 Å². The molecular formula is C19H22O4. The summed E-state index contributed by atoms with van der Waals surface area (Å²) in [7, 11) is 0. The Bertz CT molecular complexity index is 613. The second kappa shape index (κ2) is 7.27. The van der Waals surface area contributed by atoms with E-state index in [0.717, 1.165) is 12.8 Å². The molecular weight excluding hydrogens is 292 g/mol. The van der Waals surface area contributed by atoms with Crippen LogP contribution in [0.15, 0.2) is 49.1 Å². The number of allylic oxidation sites excluding steroid dienone is 1. The number of hydrogen-bond acceptors (Lipinski definition) is 4. The van der Waals surface area contributed by atoms with Crippen LogP contribution in [0.4, 0.5) is 0 Å². The Morgan fingerprint density at radius 1 is 1.22 bits per heavy atom. The molecule has 0 spiro atoms. The van der Waals surface area contributed by atoms with Crippen molar-refractivity contribution in [2.75, 3.05) is 0 Å². The van der Waals surface area contributed by atoms with Crippen molar-refractivity contribution in [3.8, 4) is 5.75 Å². The molecule has 4 heteroatoms. The largest absolute Gasteiger partial charge is 0.451 e. The van der Waals surface area contributed by atoms with Crippen molar-refractivity contribution in [1.82, 2.24) is 0 Å². The molecule has 0 aliphatic heterocycles. The molecule has 1 aromatic carbocycles. The van der Waals surface area contributed by atoms with Crippen molar-refractivity contribution in [2.24, 2.45) is 5.92 Å². The fourth-order valence-corrected chi connectivity index (χ4v) is 2.29. The molecule has 0 radical (unpaired) electrons. The van der Waals surface area contributed by atoms with Gasteiger partial charge in [-0.05, 0) is 43.2 Å². The number of benzene rings is 1. The highest BCUT2D eigenvalue weighted by Crippen LogP contribution is 2.30. The molecule has 0 N–H and O–H groups in total. The van der Waals surface area contributed by atoms with Crippen molar-refractivity contribution in [1.29, 1.82) is 0 Å². The molecule has 0 saturated heterocycles. The van der Waals surface area contributed by atoms with Crippen molar-refractivity contribution in [3.63, 3.8) is 0 Å². The summed E-state index contributed by atoms with van der Waals surface area (Å²) in [5, 5.41) is 0. The molecule has 23 heavy (non-hydrogen) atoms. The normalized spacial score (nSPS) is 20.1. The lowest BCUT2D eigenvalue weighted by molar-refractivity contribution is -0.137. The Balaban J connectivity index is 2.04. The topological polar surface area (TPSA) is 52.6 Å². The third kappa shape index (κ3) is 4.31. The predicted octanol–water partition coefficient (Wildman–Crippen LogP) is 4.07. The molecule has 0 aromatic heterocycles. The van der Waals surface area contributed by atoms with E-state index in [9.17, 15) is 9.59 Å². The molecule has 1 unspecified atom stereocenters. The molecule has 0 fully saturated rings. The highest BCUT2D eigenvalue weighted by molar-refractivity contribution is 5.90. The lowest BCUT2D eigenvalue weighted by Crippen LogP contribution is -2.33. The van der Waals surface area contributed by atoms with E-state index in [2.05, 4.69) is 12.7 Å². The quantitative estimate of drug-likeness (QED) is 0.467. The zero-order valence-electron chi connectivity index (χ0n) is 13.6. The van der Waals surface area contributed by atoms with Gasteiger partial charge in [-0.1, -0.05) is 32.6 Å².